The molecule has 0 aromatic heterocycles. The van der Waals surface area contributed by atoms with Crippen LogP contribution in [-0.2, 0) is 16.0 Å². The average molecular weight is 558 g/mol. The minimum Gasteiger partial charge on any atom is -0.490 e. The highest BCUT2D eigenvalue weighted by Crippen LogP contribution is 2.39. The highest BCUT2D eigenvalue weighted by atomic mass is 35.5. The Bertz CT molecular complexity index is 1480. The summed E-state index contributed by atoms with van der Waals surface area (Å²) in [5, 5.41) is 3.53. The van der Waals surface area contributed by atoms with Crippen molar-refractivity contribution in [1.29, 1.82) is 0 Å². The number of nitrogens with zero attached hydrogens (tertiary/aromatic N) is 4. The first kappa shape index (κ1) is 26.3. The van der Waals surface area contributed by atoms with Gasteiger partial charge in [0.05, 0.1) is 30.1 Å². The normalized spacial score (nSPS) is 19.1. The molecule has 6 rings (SSSR count). The van der Waals surface area contributed by atoms with Gasteiger partial charge in [0.1, 0.15) is 18.3 Å². The van der Waals surface area contributed by atoms with E-state index >= 15 is 0 Å². The van der Waals surface area contributed by atoms with Gasteiger partial charge in [-0.1, -0.05) is 35.9 Å². The van der Waals surface area contributed by atoms with Crippen LogP contribution in [0.25, 0.3) is 0 Å². The van der Waals surface area contributed by atoms with Crippen molar-refractivity contribution in [2.24, 2.45) is 4.99 Å². The fourth-order valence-electron chi connectivity index (χ4n) is 5.49. The zero-order chi connectivity index (χ0) is 27.8. The van der Waals surface area contributed by atoms with Crippen molar-refractivity contribution in [2.75, 3.05) is 63.6 Å². The zero-order valence-electron chi connectivity index (χ0n) is 22.7. The van der Waals surface area contributed by atoms with E-state index in [0.717, 1.165) is 60.9 Å². The van der Waals surface area contributed by atoms with Crippen molar-refractivity contribution in [1.82, 2.24) is 9.80 Å². The summed E-state index contributed by atoms with van der Waals surface area (Å²) in [5.74, 6) is 0.153. The Hall–Kier alpha value is -3.88. The number of fused-ring (bicyclic) bond motifs is 2. The number of benzene rings is 3. The molecule has 1 saturated heterocycles. The number of amides is 2. The fourth-order valence-corrected chi connectivity index (χ4v) is 5.66. The molecule has 2 amide bonds. The third kappa shape index (κ3) is 5.29. The first-order valence-corrected chi connectivity index (χ1v) is 14.0. The van der Waals surface area contributed by atoms with Crippen LogP contribution in [0.15, 0.2) is 65.7 Å². The number of rotatable bonds is 5. The lowest BCUT2D eigenvalue weighted by atomic mass is 9.90. The minimum absolute atomic E-state index is 0.141. The van der Waals surface area contributed by atoms with Crippen molar-refractivity contribution >= 4 is 46.2 Å². The van der Waals surface area contributed by atoms with Crippen molar-refractivity contribution in [3.63, 3.8) is 0 Å². The number of likely N-dealkylation sites (N-methyl/N-ethyl adjacent to an activating group) is 2. The number of aliphatic imine (C=N–C) groups is 1. The van der Waals surface area contributed by atoms with Crippen molar-refractivity contribution < 1.29 is 14.3 Å². The van der Waals surface area contributed by atoms with Gasteiger partial charge in [0.15, 0.2) is 0 Å². The first-order chi connectivity index (χ1) is 19.4. The number of anilines is 2. The monoisotopic (exact) mass is 557 g/mol. The topological polar surface area (TPSA) is 77.5 Å². The lowest BCUT2D eigenvalue weighted by Gasteiger charge is -2.32. The van der Waals surface area contributed by atoms with E-state index in [9.17, 15) is 9.59 Å². The minimum atomic E-state index is -0.606. The standard InChI is InChI=1S/C31H32ClN5O3/c1-35-11-13-37(14-12-35)28(38)17-20-3-7-23(8-4-20)33-30(21-5-10-26-27(18-21)40-16-15-36(26)2)29-24-9-6-22(32)19-25(24)34-31(29)39/h3-10,18-19,29H,11-17H2,1-2H3,(H,34,39). The van der Waals surface area contributed by atoms with E-state index in [1.165, 1.54) is 0 Å². The van der Waals surface area contributed by atoms with Crippen LogP contribution in [0.5, 0.6) is 5.75 Å². The Morgan fingerprint density at radius 2 is 1.77 bits per heavy atom. The summed E-state index contributed by atoms with van der Waals surface area (Å²) in [4.78, 5) is 37.5. The van der Waals surface area contributed by atoms with Crippen molar-refractivity contribution in [2.45, 2.75) is 12.3 Å². The number of carbonyl (C=O) groups excluding carboxylic acids is 2. The molecule has 0 saturated carbocycles. The van der Waals surface area contributed by atoms with Crippen LogP contribution in [0.3, 0.4) is 0 Å². The molecule has 0 radical (unpaired) electrons. The molecule has 9 heteroatoms. The highest BCUT2D eigenvalue weighted by molar-refractivity contribution is 6.31. The number of nitrogens with one attached hydrogen (secondary N) is 1. The van der Waals surface area contributed by atoms with E-state index < -0.39 is 5.92 Å². The van der Waals surface area contributed by atoms with Crippen LogP contribution in [0.2, 0.25) is 5.02 Å². The lowest BCUT2D eigenvalue weighted by molar-refractivity contribution is -0.132. The molecular weight excluding hydrogens is 526 g/mol. The van der Waals surface area contributed by atoms with E-state index in [-0.39, 0.29) is 11.8 Å². The number of hydrogen-bond acceptors (Lipinski definition) is 6. The maximum atomic E-state index is 13.3. The van der Waals surface area contributed by atoms with E-state index in [4.69, 9.17) is 21.3 Å². The summed E-state index contributed by atoms with van der Waals surface area (Å²) in [6.07, 6.45) is 0.357. The predicted molar refractivity (Wildman–Crippen MR) is 158 cm³/mol. The van der Waals surface area contributed by atoms with Crippen LogP contribution >= 0.6 is 11.6 Å². The number of carbonyl (C=O) groups is 2. The quantitative estimate of drug-likeness (QED) is 0.472. The lowest BCUT2D eigenvalue weighted by Crippen LogP contribution is -2.47. The second kappa shape index (κ2) is 10.9. The van der Waals surface area contributed by atoms with Crippen LogP contribution in [0, 0.1) is 0 Å². The van der Waals surface area contributed by atoms with Gasteiger partial charge in [0.2, 0.25) is 11.8 Å². The van der Waals surface area contributed by atoms with E-state index in [1.54, 1.807) is 12.1 Å². The Kier molecular flexibility index (Phi) is 7.21. The van der Waals surface area contributed by atoms with Gasteiger partial charge in [-0.05, 0) is 54.6 Å². The largest absolute Gasteiger partial charge is 0.490 e. The summed E-state index contributed by atoms with van der Waals surface area (Å²) in [7, 11) is 4.12. The molecular formula is C31H32ClN5O3. The zero-order valence-corrected chi connectivity index (χ0v) is 23.4. The van der Waals surface area contributed by atoms with Crippen LogP contribution < -0.4 is 15.0 Å². The van der Waals surface area contributed by atoms with Gasteiger partial charge in [-0.2, -0.15) is 0 Å². The number of piperazine rings is 1. The first-order valence-electron chi connectivity index (χ1n) is 13.6. The molecule has 40 heavy (non-hydrogen) atoms. The second-order valence-corrected chi connectivity index (χ2v) is 11.1. The van der Waals surface area contributed by atoms with Gasteiger partial charge >= 0.3 is 0 Å². The Morgan fingerprint density at radius 3 is 2.55 bits per heavy atom. The maximum Gasteiger partial charge on any atom is 0.238 e. The smallest absolute Gasteiger partial charge is 0.238 e. The highest BCUT2D eigenvalue weighted by Gasteiger charge is 2.36. The molecule has 8 nitrogen and oxygen atoms in total. The Labute approximate surface area is 239 Å². The average Bonchev–Trinajstić information content (AvgIpc) is 3.27. The molecule has 1 unspecified atom stereocenters. The molecule has 3 aliphatic heterocycles. The molecule has 3 aliphatic rings. The van der Waals surface area contributed by atoms with E-state index in [0.29, 0.717) is 35.1 Å². The third-order valence-electron chi connectivity index (χ3n) is 7.87. The second-order valence-electron chi connectivity index (χ2n) is 10.6. The molecule has 0 aliphatic carbocycles. The summed E-state index contributed by atoms with van der Waals surface area (Å²) >= 11 is 6.21. The molecule has 0 bridgehead atoms. The molecule has 3 aromatic carbocycles. The fraction of sp³-hybridized carbons (Fsp3) is 0.323. The number of halogens is 1. The van der Waals surface area contributed by atoms with Crippen LogP contribution in [0.4, 0.5) is 17.1 Å². The van der Waals surface area contributed by atoms with Crippen LogP contribution in [0.1, 0.15) is 22.6 Å². The molecule has 1 fully saturated rings. The van der Waals surface area contributed by atoms with Gasteiger partial charge in [0, 0.05) is 49.5 Å². The number of hydrogen-bond donors (Lipinski definition) is 1. The summed E-state index contributed by atoms with van der Waals surface area (Å²) in [5.41, 5.74) is 5.61. The molecule has 3 heterocycles. The van der Waals surface area contributed by atoms with Crippen molar-refractivity contribution in [3.05, 3.63) is 82.4 Å². The van der Waals surface area contributed by atoms with Gasteiger partial charge in [0.25, 0.3) is 0 Å². The van der Waals surface area contributed by atoms with E-state index in [1.807, 2.05) is 60.5 Å². The predicted octanol–water partition coefficient (Wildman–Crippen LogP) is 4.34. The molecule has 1 atom stereocenters. The SMILES string of the molecule is CN1CCN(C(=O)Cc2ccc(N=C(c3ccc4c(c3)OCCN4C)C3C(=O)Nc4cc(Cl)ccc43)cc2)CC1. The molecule has 206 valence electrons. The Morgan fingerprint density at radius 1 is 1.00 bits per heavy atom. The van der Waals surface area contributed by atoms with Gasteiger partial charge in [-0.3, -0.25) is 14.6 Å². The van der Waals surface area contributed by atoms with E-state index in [2.05, 4.69) is 22.2 Å². The molecule has 0 spiro atoms. The van der Waals surface area contributed by atoms with Gasteiger partial charge < -0.3 is 24.8 Å². The third-order valence-corrected chi connectivity index (χ3v) is 8.10. The Balaban J connectivity index is 1.33. The number of ether oxygens (including phenoxy) is 1. The van der Waals surface area contributed by atoms with Crippen LogP contribution in [-0.4, -0.2) is 80.8 Å². The maximum absolute atomic E-state index is 13.3. The van der Waals surface area contributed by atoms with Gasteiger partial charge in [-0.15, -0.1) is 0 Å². The molecule has 3 aromatic rings. The summed E-state index contributed by atoms with van der Waals surface area (Å²) < 4.78 is 5.96. The molecule has 1 N–H and O–H groups in total. The summed E-state index contributed by atoms with van der Waals surface area (Å²) in [6, 6.07) is 19.1. The summed E-state index contributed by atoms with van der Waals surface area (Å²) in [6.45, 7) is 4.73. The van der Waals surface area contributed by atoms with Crippen molar-refractivity contribution in [3.8, 4) is 5.75 Å². The van der Waals surface area contributed by atoms with Gasteiger partial charge in [-0.25, -0.2) is 0 Å².